The van der Waals surface area contributed by atoms with E-state index in [0.29, 0.717) is 12.2 Å². The summed E-state index contributed by atoms with van der Waals surface area (Å²) in [6.45, 7) is 1.40. The monoisotopic (exact) mass is 301 g/mol. The van der Waals surface area contributed by atoms with Crippen molar-refractivity contribution in [1.29, 1.82) is 5.26 Å². The number of anilines is 1. The van der Waals surface area contributed by atoms with Crippen LogP contribution in [0.1, 0.15) is 24.2 Å². The summed E-state index contributed by atoms with van der Waals surface area (Å²) < 4.78 is 0. The molecule has 5 heteroatoms. The van der Waals surface area contributed by atoms with E-state index in [-0.39, 0.29) is 0 Å². The summed E-state index contributed by atoms with van der Waals surface area (Å²) in [6.07, 6.45) is 18.2. The van der Waals surface area contributed by atoms with E-state index in [9.17, 15) is 0 Å². The van der Waals surface area contributed by atoms with Crippen LogP contribution in [0.15, 0.2) is 35.3 Å². The van der Waals surface area contributed by atoms with Gasteiger partial charge in [0.1, 0.15) is 11.8 Å². The van der Waals surface area contributed by atoms with E-state index in [1.165, 1.54) is 11.0 Å². The Morgan fingerprint density at radius 1 is 1.43 bits per heavy atom. The van der Waals surface area contributed by atoms with Gasteiger partial charge in [0, 0.05) is 12.2 Å². The molecule has 0 aromatic carbocycles. The van der Waals surface area contributed by atoms with Gasteiger partial charge in [-0.05, 0) is 42.6 Å². The molecule has 2 aliphatic rings. The van der Waals surface area contributed by atoms with Crippen LogP contribution in [0.4, 0.5) is 5.69 Å². The average molecular weight is 301 g/mol. The summed E-state index contributed by atoms with van der Waals surface area (Å²) in [4.78, 5) is 4.37. The van der Waals surface area contributed by atoms with Gasteiger partial charge in [0.05, 0.1) is 5.69 Å². The van der Waals surface area contributed by atoms with E-state index in [4.69, 9.17) is 11.0 Å². The van der Waals surface area contributed by atoms with Gasteiger partial charge in [-0.15, -0.1) is 12.8 Å². The summed E-state index contributed by atoms with van der Waals surface area (Å²) in [5.74, 6) is 0. The zero-order valence-corrected chi connectivity index (χ0v) is 12.9. The summed E-state index contributed by atoms with van der Waals surface area (Å²) in [6, 6.07) is 3.94. The van der Waals surface area contributed by atoms with Gasteiger partial charge in [0.2, 0.25) is 0 Å². The van der Waals surface area contributed by atoms with Crippen LogP contribution >= 0.6 is 0 Å². The van der Waals surface area contributed by atoms with Crippen molar-refractivity contribution in [2.45, 2.75) is 12.8 Å². The molecule has 1 aromatic heterocycles. The molecule has 0 bridgehead atoms. The molecule has 0 atom stereocenters. The van der Waals surface area contributed by atoms with Gasteiger partial charge in [0.15, 0.2) is 7.28 Å². The molecule has 1 aliphatic heterocycles. The van der Waals surface area contributed by atoms with Crippen molar-refractivity contribution in [2.75, 3.05) is 18.4 Å². The molecule has 1 aromatic rings. The number of nitrogens with two attached hydrogens (primary N) is 1. The van der Waals surface area contributed by atoms with E-state index in [1.54, 1.807) is 0 Å². The lowest BCUT2D eigenvalue weighted by atomic mass is 9.65. The average Bonchev–Trinajstić information content (AvgIpc) is 3.23. The van der Waals surface area contributed by atoms with E-state index in [1.807, 2.05) is 12.1 Å². The van der Waals surface area contributed by atoms with Crippen molar-refractivity contribution in [3.05, 3.63) is 46.7 Å². The summed E-state index contributed by atoms with van der Waals surface area (Å²) in [7, 11) is 2.11. The van der Waals surface area contributed by atoms with Crippen LogP contribution in [0, 0.1) is 24.2 Å². The minimum Gasteiger partial charge on any atom is -0.382 e. The molecule has 0 fully saturated rings. The van der Waals surface area contributed by atoms with E-state index >= 15 is 0 Å². The molecule has 0 amide bonds. The lowest BCUT2D eigenvalue weighted by Crippen LogP contribution is -2.23. The molecule has 0 saturated heterocycles. The smallest absolute Gasteiger partial charge is 0.191 e. The highest BCUT2D eigenvalue weighted by Gasteiger charge is 2.20. The molecule has 1 aliphatic carbocycles. The number of fused-ring (bicyclic) bond motifs is 1. The Kier molecular flexibility index (Phi) is 5.80. The summed E-state index contributed by atoms with van der Waals surface area (Å²) in [5.41, 5.74) is 11.4. The molecular formula is C18H18BN4. The maximum absolute atomic E-state index is 9.13. The van der Waals surface area contributed by atoms with Gasteiger partial charge >= 0.3 is 0 Å². The Balaban J connectivity index is 0.000000924. The van der Waals surface area contributed by atoms with Crippen LogP contribution in [-0.2, 0) is 0 Å². The zero-order valence-electron chi connectivity index (χ0n) is 12.9. The number of nitriles is 1. The fourth-order valence-electron chi connectivity index (χ4n) is 2.59. The SMILES string of the molecule is C#C.N#Cc1cc(NCC2=CC=CC2)c2c(n1)C=C(CCN)[B]2. The van der Waals surface area contributed by atoms with Crippen LogP contribution in [0.5, 0.6) is 0 Å². The van der Waals surface area contributed by atoms with Gasteiger partial charge in [0.25, 0.3) is 0 Å². The number of nitrogens with zero attached hydrogens (tertiary/aromatic N) is 2. The number of terminal acetylenes is 1. The first kappa shape index (κ1) is 16.6. The normalized spacial score (nSPS) is 13.8. The molecule has 0 spiro atoms. The number of aromatic nitrogens is 1. The third-order valence-corrected chi connectivity index (χ3v) is 3.64. The van der Waals surface area contributed by atoms with Crippen molar-refractivity contribution in [2.24, 2.45) is 5.73 Å². The Morgan fingerprint density at radius 3 is 2.91 bits per heavy atom. The standard InChI is InChI=1S/C16H16BN4.C2H2/c18-6-5-12-7-15-16(17-12)14(8-13(9-19)21-15)20-10-11-3-1-2-4-11;1-2/h1-3,7-8H,4-6,10,18H2,(H,20,21);1-2H. The summed E-state index contributed by atoms with van der Waals surface area (Å²) in [5, 5.41) is 12.6. The van der Waals surface area contributed by atoms with Gasteiger partial charge in [-0.1, -0.05) is 23.7 Å². The molecule has 0 saturated carbocycles. The Morgan fingerprint density at radius 2 is 2.26 bits per heavy atom. The lowest BCUT2D eigenvalue weighted by Gasteiger charge is -2.12. The van der Waals surface area contributed by atoms with Gasteiger partial charge < -0.3 is 11.1 Å². The zero-order chi connectivity index (χ0) is 16.7. The molecule has 113 valence electrons. The number of pyridine rings is 1. The number of hydrogen-bond acceptors (Lipinski definition) is 4. The number of rotatable bonds is 5. The molecule has 1 radical (unpaired) electrons. The highest BCUT2D eigenvalue weighted by molar-refractivity contribution is 6.66. The molecule has 4 nitrogen and oxygen atoms in total. The minimum atomic E-state index is 0.438. The quantitative estimate of drug-likeness (QED) is 0.639. The van der Waals surface area contributed by atoms with Crippen LogP contribution < -0.4 is 16.5 Å². The van der Waals surface area contributed by atoms with Gasteiger partial charge in [-0.2, -0.15) is 5.26 Å². The van der Waals surface area contributed by atoms with Gasteiger partial charge in [-0.25, -0.2) is 4.98 Å². The Bertz CT molecular complexity index is 735. The Labute approximate surface area is 138 Å². The Hall–Kier alpha value is -2.76. The van der Waals surface area contributed by atoms with Gasteiger partial charge in [-0.3, -0.25) is 0 Å². The lowest BCUT2D eigenvalue weighted by molar-refractivity contribution is 0.997. The molecule has 3 rings (SSSR count). The molecule has 0 unspecified atom stereocenters. The van der Waals surface area contributed by atoms with Crippen molar-refractivity contribution >= 4 is 24.5 Å². The van der Waals surface area contributed by atoms with Crippen molar-refractivity contribution < 1.29 is 0 Å². The minimum absolute atomic E-state index is 0.438. The van der Waals surface area contributed by atoms with E-state index in [2.05, 4.69) is 54.7 Å². The topological polar surface area (TPSA) is 74.7 Å². The number of hydrogen-bond donors (Lipinski definition) is 2. The predicted molar refractivity (Wildman–Crippen MR) is 96.2 cm³/mol. The summed E-state index contributed by atoms with van der Waals surface area (Å²) >= 11 is 0. The first-order valence-corrected chi connectivity index (χ1v) is 7.42. The van der Waals surface area contributed by atoms with Crippen molar-refractivity contribution in [3.8, 4) is 18.9 Å². The molecule has 2 heterocycles. The van der Waals surface area contributed by atoms with Crippen molar-refractivity contribution in [3.63, 3.8) is 0 Å². The fourth-order valence-corrected chi connectivity index (χ4v) is 2.59. The second kappa shape index (κ2) is 8.03. The van der Waals surface area contributed by atoms with Crippen molar-refractivity contribution in [1.82, 2.24) is 4.98 Å². The van der Waals surface area contributed by atoms with Crippen LogP contribution in [0.3, 0.4) is 0 Å². The third kappa shape index (κ3) is 3.91. The predicted octanol–water partition coefficient (Wildman–Crippen LogP) is 1.53. The number of allylic oxidation sites excluding steroid dienone is 3. The molecular weight excluding hydrogens is 283 g/mol. The largest absolute Gasteiger partial charge is 0.382 e. The molecule has 23 heavy (non-hydrogen) atoms. The second-order valence-corrected chi connectivity index (χ2v) is 5.18. The molecule has 3 N–H and O–H groups in total. The van der Waals surface area contributed by atoms with E-state index in [0.717, 1.165) is 36.2 Å². The van der Waals surface area contributed by atoms with Crippen LogP contribution in [0.25, 0.3) is 6.08 Å². The third-order valence-electron chi connectivity index (χ3n) is 3.64. The highest BCUT2D eigenvalue weighted by Crippen LogP contribution is 2.20. The maximum atomic E-state index is 9.13. The van der Waals surface area contributed by atoms with Crippen LogP contribution in [0.2, 0.25) is 0 Å². The highest BCUT2D eigenvalue weighted by atomic mass is 14.9. The first-order valence-electron chi connectivity index (χ1n) is 7.42. The number of nitrogens with one attached hydrogen (secondary N) is 1. The van der Waals surface area contributed by atoms with E-state index < -0.39 is 0 Å². The first-order chi connectivity index (χ1) is 11.3. The van der Waals surface area contributed by atoms with Crippen LogP contribution in [-0.4, -0.2) is 25.4 Å². The maximum Gasteiger partial charge on any atom is 0.191 e. The fraction of sp³-hybridized carbons (Fsp3) is 0.222. The second-order valence-electron chi connectivity index (χ2n) is 5.18.